The highest BCUT2D eigenvalue weighted by molar-refractivity contribution is 7.09. The molecule has 0 fully saturated rings. The molecule has 0 aliphatic carbocycles. The Kier molecular flexibility index (Phi) is 3.39. The van der Waals surface area contributed by atoms with E-state index < -0.39 is 0 Å². The second kappa shape index (κ2) is 3.57. The van der Waals surface area contributed by atoms with E-state index in [0.29, 0.717) is 0 Å². The number of rotatable bonds is 1. The van der Waals surface area contributed by atoms with E-state index in [0.717, 1.165) is 6.42 Å². The number of aromatic nitrogens is 1. The van der Waals surface area contributed by atoms with Gasteiger partial charge in [-0.3, -0.25) is 0 Å². The minimum atomic E-state index is 0. The van der Waals surface area contributed by atoms with E-state index in [1.807, 2.05) is 11.6 Å². The van der Waals surface area contributed by atoms with E-state index in [2.05, 4.69) is 11.9 Å². The molecule has 0 aliphatic rings. The van der Waals surface area contributed by atoms with Crippen molar-refractivity contribution in [2.24, 2.45) is 0 Å². The predicted molar refractivity (Wildman–Crippen MR) is 36.5 cm³/mol. The smallest absolute Gasteiger partial charge is 0.0922 e. The molecule has 1 aromatic heterocycles. The first-order chi connectivity index (χ1) is 3.43. The molecule has 0 bridgehead atoms. The topological polar surface area (TPSA) is 47.9 Å². The van der Waals surface area contributed by atoms with Gasteiger partial charge in [-0.1, -0.05) is 6.92 Å². The van der Waals surface area contributed by atoms with E-state index in [1.165, 1.54) is 5.01 Å². The van der Waals surface area contributed by atoms with Gasteiger partial charge in [-0.15, -0.1) is 11.3 Å². The summed E-state index contributed by atoms with van der Waals surface area (Å²) in [7, 11) is 0. The van der Waals surface area contributed by atoms with Crippen LogP contribution >= 0.6 is 11.3 Å². The van der Waals surface area contributed by atoms with Crippen LogP contribution in [0.25, 0.3) is 0 Å². The number of hydrogen-bond donors (Lipinski definition) is 1. The Morgan fingerprint density at radius 3 is 2.75 bits per heavy atom. The van der Waals surface area contributed by atoms with Gasteiger partial charge < -0.3 is 6.15 Å². The standard InChI is InChI=1S/C5H7NS.H3N/c1-2-5-6-3-4-7-5;/h3-4H,2H2,1H3;1H3. The fourth-order valence-corrected chi connectivity index (χ4v) is 0.995. The van der Waals surface area contributed by atoms with Gasteiger partial charge in [0.1, 0.15) is 0 Å². The molecule has 0 saturated heterocycles. The van der Waals surface area contributed by atoms with Crippen LogP contribution in [0, 0.1) is 0 Å². The molecule has 3 heteroatoms. The molecule has 0 aliphatic heterocycles. The number of nitrogens with zero attached hydrogens (tertiary/aromatic N) is 1. The Morgan fingerprint density at radius 2 is 2.50 bits per heavy atom. The van der Waals surface area contributed by atoms with Crippen LogP contribution in [0.4, 0.5) is 0 Å². The minimum Gasteiger partial charge on any atom is -0.344 e. The molecular formula is C5H10N2S. The third-order valence-electron chi connectivity index (χ3n) is 0.786. The van der Waals surface area contributed by atoms with Crippen LogP contribution in [-0.2, 0) is 6.42 Å². The van der Waals surface area contributed by atoms with Gasteiger partial charge in [0, 0.05) is 11.6 Å². The molecule has 1 heterocycles. The maximum atomic E-state index is 4.05. The summed E-state index contributed by atoms with van der Waals surface area (Å²) in [6, 6.07) is 0. The lowest BCUT2D eigenvalue weighted by Crippen LogP contribution is -1.70. The zero-order valence-corrected chi connectivity index (χ0v) is 5.74. The van der Waals surface area contributed by atoms with Crippen LogP contribution in [0.5, 0.6) is 0 Å². The first-order valence-corrected chi connectivity index (χ1v) is 3.20. The van der Waals surface area contributed by atoms with Gasteiger partial charge in [-0.05, 0) is 6.42 Å². The highest BCUT2D eigenvalue weighted by atomic mass is 32.1. The van der Waals surface area contributed by atoms with Gasteiger partial charge >= 0.3 is 0 Å². The molecule has 0 amide bonds. The van der Waals surface area contributed by atoms with E-state index >= 15 is 0 Å². The van der Waals surface area contributed by atoms with Crippen molar-refractivity contribution in [2.75, 3.05) is 0 Å². The fraction of sp³-hybridized carbons (Fsp3) is 0.400. The van der Waals surface area contributed by atoms with Crippen molar-refractivity contribution < 1.29 is 0 Å². The molecule has 1 rings (SSSR count). The molecule has 0 unspecified atom stereocenters. The average molecular weight is 130 g/mol. The summed E-state index contributed by atoms with van der Waals surface area (Å²) in [4.78, 5) is 4.05. The molecule has 0 aromatic carbocycles. The number of aryl methyl sites for hydroxylation is 1. The number of thiazole rings is 1. The van der Waals surface area contributed by atoms with Crippen molar-refractivity contribution in [3.05, 3.63) is 16.6 Å². The Bertz CT molecular complexity index is 125. The monoisotopic (exact) mass is 130 g/mol. The fourth-order valence-electron chi connectivity index (χ4n) is 0.428. The summed E-state index contributed by atoms with van der Waals surface area (Å²) in [5.74, 6) is 0. The molecule has 2 nitrogen and oxygen atoms in total. The normalized spacial score (nSPS) is 8.12. The van der Waals surface area contributed by atoms with Crippen LogP contribution in [0.1, 0.15) is 11.9 Å². The van der Waals surface area contributed by atoms with Crippen LogP contribution in [0.3, 0.4) is 0 Å². The van der Waals surface area contributed by atoms with Gasteiger partial charge in [-0.25, -0.2) is 4.98 Å². The highest BCUT2D eigenvalue weighted by Gasteiger charge is 1.84. The first-order valence-electron chi connectivity index (χ1n) is 2.32. The van der Waals surface area contributed by atoms with Gasteiger partial charge in [0.2, 0.25) is 0 Å². The third-order valence-corrected chi connectivity index (χ3v) is 1.71. The summed E-state index contributed by atoms with van der Waals surface area (Å²) in [5.41, 5.74) is 0. The molecule has 0 saturated carbocycles. The van der Waals surface area contributed by atoms with E-state index in [9.17, 15) is 0 Å². The van der Waals surface area contributed by atoms with Crippen molar-refractivity contribution in [1.29, 1.82) is 0 Å². The highest BCUT2D eigenvalue weighted by Crippen LogP contribution is 2.02. The van der Waals surface area contributed by atoms with Crippen LogP contribution in [0.2, 0.25) is 0 Å². The number of hydrogen-bond acceptors (Lipinski definition) is 3. The lowest BCUT2D eigenvalue weighted by molar-refractivity contribution is 1.09. The molecule has 46 valence electrons. The molecule has 0 spiro atoms. The zero-order valence-electron chi connectivity index (χ0n) is 4.92. The molecule has 3 N–H and O–H groups in total. The van der Waals surface area contributed by atoms with E-state index in [1.54, 1.807) is 11.3 Å². The van der Waals surface area contributed by atoms with Crippen LogP contribution < -0.4 is 6.15 Å². The van der Waals surface area contributed by atoms with Gasteiger partial charge in [0.05, 0.1) is 5.01 Å². The second-order valence-electron chi connectivity index (χ2n) is 1.28. The summed E-state index contributed by atoms with van der Waals surface area (Å²) < 4.78 is 0. The Balaban J connectivity index is 0.000000490. The van der Waals surface area contributed by atoms with E-state index in [4.69, 9.17) is 0 Å². The SMILES string of the molecule is CCc1nccs1.N. The van der Waals surface area contributed by atoms with Crippen molar-refractivity contribution >= 4 is 11.3 Å². The van der Waals surface area contributed by atoms with Gasteiger partial charge in [0.15, 0.2) is 0 Å². The quantitative estimate of drug-likeness (QED) is 0.630. The van der Waals surface area contributed by atoms with Crippen molar-refractivity contribution in [3.8, 4) is 0 Å². The first kappa shape index (κ1) is 7.59. The predicted octanol–water partition coefficient (Wildman–Crippen LogP) is 1.87. The van der Waals surface area contributed by atoms with Crippen LogP contribution in [0.15, 0.2) is 11.6 Å². The Hall–Kier alpha value is -0.410. The largest absolute Gasteiger partial charge is 0.344 e. The van der Waals surface area contributed by atoms with Gasteiger partial charge in [0.25, 0.3) is 0 Å². The lowest BCUT2D eigenvalue weighted by atomic mass is 10.5. The maximum Gasteiger partial charge on any atom is 0.0922 e. The minimum absolute atomic E-state index is 0. The third kappa shape index (κ3) is 1.60. The zero-order chi connectivity index (χ0) is 5.11. The molecular weight excluding hydrogens is 120 g/mol. The summed E-state index contributed by atoms with van der Waals surface area (Å²) in [6.07, 6.45) is 2.90. The van der Waals surface area contributed by atoms with Crippen molar-refractivity contribution in [1.82, 2.24) is 11.1 Å². The van der Waals surface area contributed by atoms with Crippen LogP contribution in [-0.4, -0.2) is 4.98 Å². The summed E-state index contributed by atoms with van der Waals surface area (Å²) in [5, 5.41) is 3.22. The lowest BCUT2D eigenvalue weighted by Gasteiger charge is -1.77. The average Bonchev–Trinajstić information content (AvgIpc) is 2.14. The van der Waals surface area contributed by atoms with E-state index in [-0.39, 0.29) is 6.15 Å². The Morgan fingerprint density at radius 1 is 1.75 bits per heavy atom. The summed E-state index contributed by atoms with van der Waals surface area (Å²) in [6.45, 7) is 2.11. The van der Waals surface area contributed by atoms with Crippen molar-refractivity contribution in [2.45, 2.75) is 13.3 Å². The maximum absolute atomic E-state index is 4.05. The Labute approximate surface area is 53.2 Å². The molecule has 1 aromatic rings. The second-order valence-corrected chi connectivity index (χ2v) is 2.26. The van der Waals surface area contributed by atoms with Crippen molar-refractivity contribution in [3.63, 3.8) is 0 Å². The van der Waals surface area contributed by atoms with Gasteiger partial charge in [-0.2, -0.15) is 0 Å². The molecule has 8 heavy (non-hydrogen) atoms. The molecule has 0 radical (unpaired) electrons. The summed E-state index contributed by atoms with van der Waals surface area (Å²) >= 11 is 1.71. The molecule has 0 atom stereocenters.